The number of aryl methyl sites for hydroxylation is 2. The number of carbonyl (C=O) groups excluding carboxylic acids is 1. The molecular weight excluding hydrogens is 202 g/mol. The molecule has 0 unspecified atom stereocenters. The minimum atomic E-state index is -0.0678. The molecule has 0 aliphatic carbocycles. The summed E-state index contributed by atoms with van der Waals surface area (Å²) in [6.45, 7) is 6.71. The van der Waals surface area contributed by atoms with Crippen molar-refractivity contribution in [1.29, 1.82) is 0 Å². The highest BCUT2D eigenvalue weighted by molar-refractivity contribution is 5.97. The first kappa shape index (κ1) is 12.6. The second kappa shape index (κ2) is 5.54. The molecule has 0 saturated heterocycles. The van der Waals surface area contributed by atoms with Crippen LogP contribution in [0.5, 0.6) is 5.75 Å². The van der Waals surface area contributed by atoms with Crippen molar-refractivity contribution < 1.29 is 9.53 Å². The van der Waals surface area contributed by atoms with E-state index in [1.807, 2.05) is 32.9 Å². The van der Waals surface area contributed by atoms with E-state index in [-0.39, 0.29) is 5.91 Å². The van der Waals surface area contributed by atoms with E-state index in [9.17, 15) is 4.79 Å². The van der Waals surface area contributed by atoms with Crippen LogP contribution in [-0.4, -0.2) is 19.6 Å². The minimum absolute atomic E-state index is 0.0678. The number of hydrogen-bond donors (Lipinski definition) is 1. The highest BCUT2D eigenvalue weighted by atomic mass is 16.5. The molecule has 0 atom stereocenters. The molecule has 0 fully saturated rings. The van der Waals surface area contributed by atoms with Crippen LogP contribution in [-0.2, 0) is 0 Å². The van der Waals surface area contributed by atoms with Crippen molar-refractivity contribution in [3.05, 3.63) is 28.8 Å². The van der Waals surface area contributed by atoms with Crippen molar-refractivity contribution in [3.8, 4) is 5.75 Å². The average molecular weight is 221 g/mol. The van der Waals surface area contributed by atoms with E-state index >= 15 is 0 Å². The number of nitrogens with one attached hydrogen (secondary N) is 1. The molecule has 0 bridgehead atoms. The lowest BCUT2D eigenvalue weighted by Crippen LogP contribution is -2.24. The number of hydrogen-bond acceptors (Lipinski definition) is 2. The van der Waals surface area contributed by atoms with Gasteiger partial charge in [-0.3, -0.25) is 4.79 Å². The lowest BCUT2D eigenvalue weighted by Gasteiger charge is -2.11. The third-order valence-corrected chi connectivity index (χ3v) is 2.60. The monoisotopic (exact) mass is 221 g/mol. The Kier molecular flexibility index (Phi) is 4.35. The van der Waals surface area contributed by atoms with Gasteiger partial charge in [0, 0.05) is 6.54 Å². The fourth-order valence-corrected chi connectivity index (χ4v) is 1.47. The molecule has 0 spiro atoms. The molecule has 1 aromatic rings. The van der Waals surface area contributed by atoms with Gasteiger partial charge in [0.25, 0.3) is 5.91 Å². The van der Waals surface area contributed by atoms with Crippen molar-refractivity contribution in [3.63, 3.8) is 0 Å². The third-order valence-electron chi connectivity index (χ3n) is 2.60. The Labute approximate surface area is 96.8 Å². The number of ether oxygens (including phenoxy) is 1. The van der Waals surface area contributed by atoms with Crippen LogP contribution >= 0.6 is 0 Å². The number of benzene rings is 1. The zero-order valence-electron chi connectivity index (χ0n) is 10.4. The quantitative estimate of drug-likeness (QED) is 0.848. The maximum absolute atomic E-state index is 11.9. The zero-order valence-corrected chi connectivity index (χ0v) is 10.4. The van der Waals surface area contributed by atoms with E-state index in [0.717, 1.165) is 17.5 Å². The first-order chi connectivity index (χ1) is 7.60. The van der Waals surface area contributed by atoms with Gasteiger partial charge in [-0.15, -0.1) is 0 Å². The fraction of sp³-hybridized carbons (Fsp3) is 0.462. The summed E-state index contributed by atoms with van der Waals surface area (Å²) >= 11 is 0. The molecule has 88 valence electrons. The van der Waals surface area contributed by atoms with Crippen LogP contribution in [0.2, 0.25) is 0 Å². The van der Waals surface area contributed by atoms with Gasteiger partial charge in [0.1, 0.15) is 5.75 Å². The molecule has 1 aromatic carbocycles. The highest BCUT2D eigenvalue weighted by Crippen LogP contribution is 2.22. The van der Waals surface area contributed by atoms with E-state index in [1.165, 1.54) is 0 Å². The molecule has 0 radical (unpaired) electrons. The smallest absolute Gasteiger partial charge is 0.255 e. The molecule has 0 aromatic heterocycles. The van der Waals surface area contributed by atoms with Gasteiger partial charge in [-0.1, -0.05) is 6.92 Å². The van der Waals surface area contributed by atoms with E-state index in [4.69, 9.17) is 4.74 Å². The number of carbonyl (C=O) groups is 1. The molecule has 1 amide bonds. The molecule has 0 heterocycles. The lowest BCUT2D eigenvalue weighted by atomic mass is 10.0. The van der Waals surface area contributed by atoms with Crippen molar-refractivity contribution in [2.24, 2.45) is 0 Å². The molecular formula is C13H19NO2. The molecule has 0 aliphatic heterocycles. The summed E-state index contributed by atoms with van der Waals surface area (Å²) in [6.07, 6.45) is 0.929. The Morgan fingerprint density at radius 3 is 2.50 bits per heavy atom. The standard InChI is InChI=1S/C13H19NO2/c1-5-6-14-13(15)11-7-9(2)10(3)8-12(11)16-4/h7-8H,5-6H2,1-4H3,(H,14,15). The minimum Gasteiger partial charge on any atom is -0.496 e. The molecule has 3 nitrogen and oxygen atoms in total. The van der Waals surface area contributed by atoms with Crippen LogP contribution in [0.25, 0.3) is 0 Å². The Balaban J connectivity index is 3.02. The van der Waals surface area contributed by atoms with Crippen molar-refractivity contribution in [1.82, 2.24) is 5.32 Å². The lowest BCUT2D eigenvalue weighted by molar-refractivity contribution is 0.0950. The van der Waals surface area contributed by atoms with Gasteiger partial charge in [-0.05, 0) is 43.5 Å². The third kappa shape index (κ3) is 2.75. The normalized spacial score (nSPS) is 10.0. The summed E-state index contributed by atoms with van der Waals surface area (Å²) in [6, 6.07) is 3.77. The van der Waals surface area contributed by atoms with Crippen LogP contribution in [0.15, 0.2) is 12.1 Å². The molecule has 16 heavy (non-hydrogen) atoms. The predicted octanol–water partition coefficient (Wildman–Crippen LogP) is 2.45. The van der Waals surface area contributed by atoms with Crippen LogP contribution in [0, 0.1) is 13.8 Å². The summed E-state index contributed by atoms with van der Waals surface area (Å²) in [5, 5.41) is 2.85. The van der Waals surface area contributed by atoms with E-state index in [2.05, 4.69) is 5.32 Å². The maximum atomic E-state index is 11.9. The first-order valence-electron chi connectivity index (χ1n) is 5.53. The number of amides is 1. The van der Waals surface area contributed by atoms with Gasteiger partial charge in [0.15, 0.2) is 0 Å². The van der Waals surface area contributed by atoms with Crippen LogP contribution in [0.4, 0.5) is 0 Å². The Hall–Kier alpha value is -1.51. The van der Waals surface area contributed by atoms with Crippen molar-refractivity contribution in [2.45, 2.75) is 27.2 Å². The van der Waals surface area contributed by atoms with Crippen molar-refractivity contribution >= 4 is 5.91 Å². The average Bonchev–Trinajstić information content (AvgIpc) is 2.28. The molecule has 0 saturated carbocycles. The second-order valence-corrected chi connectivity index (χ2v) is 3.89. The van der Waals surface area contributed by atoms with Crippen LogP contribution in [0.3, 0.4) is 0 Å². The maximum Gasteiger partial charge on any atom is 0.255 e. The SMILES string of the molecule is CCCNC(=O)c1cc(C)c(C)cc1OC. The zero-order chi connectivity index (χ0) is 12.1. The topological polar surface area (TPSA) is 38.3 Å². The van der Waals surface area contributed by atoms with E-state index < -0.39 is 0 Å². The summed E-state index contributed by atoms with van der Waals surface area (Å²) in [5.74, 6) is 0.568. The highest BCUT2D eigenvalue weighted by Gasteiger charge is 2.12. The van der Waals surface area contributed by atoms with Gasteiger partial charge < -0.3 is 10.1 Å². The van der Waals surface area contributed by atoms with Gasteiger partial charge in [-0.2, -0.15) is 0 Å². The summed E-state index contributed by atoms with van der Waals surface area (Å²) in [5.41, 5.74) is 2.84. The predicted molar refractivity (Wildman–Crippen MR) is 65.1 cm³/mol. The second-order valence-electron chi connectivity index (χ2n) is 3.89. The Morgan fingerprint density at radius 1 is 1.31 bits per heavy atom. The molecule has 1 rings (SSSR count). The molecule has 3 heteroatoms. The van der Waals surface area contributed by atoms with E-state index in [1.54, 1.807) is 7.11 Å². The summed E-state index contributed by atoms with van der Waals surface area (Å²) < 4.78 is 5.22. The van der Waals surface area contributed by atoms with Gasteiger partial charge in [-0.25, -0.2) is 0 Å². The number of methoxy groups -OCH3 is 1. The Morgan fingerprint density at radius 2 is 1.94 bits per heavy atom. The van der Waals surface area contributed by atoms with Gasteiger partial charge >= 0.3 is 0 Å². The summed E-state index contributed by atoms with van der Waals surface area (Å²) in [7, 11) is 1.58. The molecule has 1 N–H and O–H groups in total. The van der Waals surface area contributed by atoms with Crippen molar-refractivity contribution in [2.75, 3.05) is 13.7 Å². The first-order valence-corrected chi connectivity index (χ1v) is 5.53. The largest absolute Gasteiger partial charge is 0.496 e. The van der Waals surface area contributed by atoms with Gasteiger partial charge in [0.05, 0.1) is 12.7 Å². The molecule has 0 aliphatic rings. The Bertz CT molecular complexity index is 386. The summed E-state index contributed by atoms with van der Waals surface area (Å²) in [4.78, 5) is 11.9. The van der Waals surface area contributed by atoms with Gasteiger partial charge in [0.2, 0.25) is 0 Å². The fourth-order valence-electron chi connectivity index (χ4n) is 1.47. The van der Waals surface area contributed by atoms with E-state index in [0.29, 0.717) is 17.9 Å². The van der Waals surface area contributed by atoms with Crippen LogP contribution in [0.1, 0.15) is 34.8 Å². The number of rotatable bonds is 4. The van der Waals surface area contributed by atoms with Crippen LogP contribution < -0.4 is 10.1 Å².